The maximum atomic E-state index is 13.6. The first-order valence-electron chi connectivity index (χ1n) is 13.0. The lowest BCUT2D eigenvalue weighted by atomic mass is 10.0. The van der Waals surface area contributed by atoms with Gasteiger partial charge in [0.05, 0.1) is 32.5 Å². The lowest BCUT2D eigenvalue weighted by molar-refractivity contribution is -0.119. The van der Waals surface area contributed by atoms with E-state index in [-0.39, 0.29) is 10.8 Å². The Morgan fingerprint density at radius 2 is 1.66 bits per heavy atom. The Hall–Kier alpha value is -3.59. The van der Waals surface area contributed by atoms with E-state index in [1.54, 1.807) is 30.3 Å². The third kappa shape index (κ3) is 6.67. The standard InChI is InChI=1S/C31H32Cl2N4O3S/c1-20(2)24-11-13-26(14-12-24)36(41(39,40)27-15-9-21(3)10-16-27)19-30(38)35-34-18-25-17-22(4)37(23(25)5)29-8-6-7-28(32)31(29)33/h6-18,20H,19H2,1-5H3,(H,35,38)/b34-18-. The van der Waals surface area contributed by atoms with Crippen molar-refractivity contribution in [1.29, 1.82) is 0 Å². The van der Waals surface area contributed by atoms with Gasteiger partial charge in [0.2, 0.25) is 0 Å². The highest BCUT2D eigenvalue weighted by molar-refractivity contribution is 7.92. The molecule has 0 aliphatic carbocycles. The maximum absolute atomic E-state index is 13.6. The smallest absolute Gasteiger partial charge is 0.264 e. The van der Waals surface area contributed by atoms with Crippen LogP contribution in [0.15, 0.2) is 82.8 Å². The molecule has 1 amide bonds. The van der Waals surface area contributed by atoms with Crippen LogP contribution in [-0.4, -0.2) is 31.7 Å². The predicted molar refractivity (Wildman–Crippen MR) is 167 cm³/mol. The number of nitrogens with one attached hydrogen (secondary N) is 1. The van der Waals surface area contributed by atoms with Crippen LogP contribution >= 0.6 is 23.2 Å². The van der Waals surface area contributed by atoms with Crippen LogP contribution in [0.5, 0.6) is 0 Å². The van der Waals surface area contributed by atoms with E-state index in [4.69, 9.17) is 23.2 Å². The topological polar surface area (TPSA) is 83.8 Å². The average molecular weight is 612 g/mol. The highest BCUT2D eigenvalue weighted by Crippen LogP contribution is 2.31. The summed E-state index contributed by atoms with van der Waals surface area (Å²) in [6.07, 6.45) is 1.52. The summed E-state index contributed by atoms with van der Waals surface area (Å²) in [4.78, 5) is 13.1. The number of benzene rings is 3. The molecule has 4 aromatic rings. The molecule has 1 N–H and O–H groups in total. The van der Waals surface area contributed by atoms with Gasteiger partial charge in [0.25, 0.3) is 15.9 Å². The largest absolute Gasteiger partial charge is 0.316 e. The molecule has 10 heteroatoms. The normalized spacial score (nSPS) is 11.8. The molecule has 1 heterocycles. The fraction of sp³-hybridized carbons (Fsp3) is 0.226. The zero-order valence-electron chi connectivity index (χ0n) is 23.5. The van der Waals surface area contributed by atoms with Gasteiger partial charge in [-0.25, -0.2) is 13.8 Å². The molecule has 0 radical (unpaired) electrons. The second-order valence-corrected chi connectivity index (χ2v) is 12.7. The Balaban J connectivity index is 1.58. The Labute approximate surface area is 251 Å². The molecular weight excluding hydrogens is 579 g/mol. The number of hydrogen-bond donors (Lipinski definition) is 1. The van der Waals surface area contributed by atoms with E-state index in [0.29, 0.717) is 15.7 Å². The average Bonchev–Trinajstić information content (AvgIpc) is 3.21. The van der Waals surface area contributed by atoms with Crippen molar-refractivity contribution in [1.82, 2.24) is 9.99 Å². The second kappa shape index (κ2) is 12.5. The molecular formula is C31H32Cl2N4O3S. The van der Waals surface area contributed by atoms with Crippen LogP contribution in [-0.2, 0) is 14.8 Å². The van der Waals surface area contributed by atoms with Crippen LogP contribution < -0.4 is 9.73 Å². The van der Waals surface area contributed by atoms with E-state index in [1.165, 1.54) is 18.3 Å². The Morgan fingerprint density at radius 1 is 1.00 bits per heavy atom. The third-order valence-corrected chi connectivity index (χ3v) is 9.38. The Morgan fingerprint density at radius 3 is 2.29 bits per heavy atom. The Bertz CT molecular complexity index is 1690. The zero-order valence-corrected chi connectivity index (χ0v) is 25.8. The molecule has 0 saturated heterocycles. The fourth-order valence-corrected chi connectivity index (χ4v) is 6.27. The van der Waals surface area contributed by atoms with Crippen molar-refractivity contribution in [2.24, 2.45) is 5.10 Å². The molecule has 0 aliphatic rings. The monoisotopic (exact) mass is 610 g/mol. The van der Waals surface area contributed by atoms with Gasteiger partial charge in [0, 0.05) is 17.0 Å². The number of anilines is 1. The maximum Gasteiger partial charge on any atom is 0.264 e. The number of aromatic nitrogens is 1. The van der Waals surface area contributed by atoms with E-state index in [0.717, 1.165) is 38.1 Å². The first-order chi connectivity index (χ1) is 19.4. The molecule has 0 unspecified atom stereocenters. The highest BCUT2D eigenvalue weighted by Gasteiger charge is 2.27. The summed E-state index contributed by atoms with van der Waals surface area (Å²) in [7, 11) is -4.03. The fourth-order valence-electron chi connectivity index (χ4n) is 4.47. The summed E-state index contributed by atoms with van der Waals surface area (Å²) in [6, 6.07) is 21.0. The number of halogens is 2. The molecule has 214 valence electrons. The van der Waals surface area contributed by atoms with Gasteiger partial charge in [-0.1, -0.05) is 72.9 Å². The van der Waals surface area contributed by atoms with Gasteiger partial charge in [-0.2, -0.15) is 5.10 Å². The minimum absolute atomic E-state index is 0.0967. The summed E-state index contributed by atoms with van der Waals surface area (Å²) in [5.41, 5.74) is 8.10. The van der Waals surface area contributed by atoms with Gasteiger partial charge < -0.3 is 4.57 Å². The summed E-state index contributed by atoms with van der Waals surface area (Å²) in [5, 5.41) is 5.00. The zero-order chi connectivity index (χ0) is 29.9. The van der Waals surface area contributed by atoms with Crippen LogP contribution in [0, 0.1) is 20.8 Å². The number of carbonyl (C=O) groups is 1. The number of aryl methyl sites for hydroxylation is 2. The molecule has 0 saturated carbocycles. The number of rotatable bonds is 9. The van der Waals surface area contributed by atoms with Crippen LogP contribution in [0.1, 0.15) is 47.8 Å². The molecule has 1 aromatic heterocycles. The molecule has 41 heavy (non-hydrogen) atoms. The Kier molecular flexibility index (Phi) is 9.27. The molecule has 4 rings (SSSR count). The molecule has 0 atom stereocenters. The summed E-state index contributed by atoms with van der Waals surface area (Å²) >= 11 is 12.7. The molecule has 0 fully saturated rings. The van der Waals surface area contributed by atoms with Crippen molar-refractivity contribution in [2.75, 3.05) is 10.8 Å². The van der Waals surface area contributed by atoms with Crippen LogP contribution in [0.4, 0.5) is 5.69 Å². The van der Waals surface area contributed by atoms with Gasteiger partial charge >= 0.3 is 0 Å². The number of nitrogens with zero attached hydrogens (tertiary/aromatic N) is 3. The van der Waals surface area contributed by atoms with Crippen LogP contribution in [0.25, 0.3) is 5.69 Å². The lowest BCUT2D eigenvalue weighted by Gasteiger charge is -2.24. The number of hydrazone groups is 1. The van der Waals surface area contributed by atoms with Crippen molar-refractivity contribution in [3.63, 3.8) is 0 Å². The van der Waals surface area contributed by atoms with Gasteiger partial charge in [0.15, 0.2) is 0 Å². The number of sulfonamides is 1. The highest BCUT2D eigenvalue weighted by atomic mass is 35.5. The quantitative estimate of drug-likeness (QED) is 0.161. The summed E-state index contributed by atoms with van der Waals surface area (Å²) in [6.45, 7) is 9.38. The molecule has 0 aliphatic heterocycles. The lowest BCUT2D eigenvalue weighted by Crippen LogP contribution is -2.39. The summed E-state index contributed by atoms with van der Waals surface area (Å²) < 4.78 is 30.3. The minimum atomic E-state index is -4.03. The first kappa shape index (κ1) is 30.4. The van der Waals surface area contributed by atoms with E-state index in [2.05, 4.69) is 24.4 Å². The van der Waals surface area contributed by atoms with Gasteiger partial charge in [-0.05, 0) is 74.7 Å². The van der Waals surface area contributed by atoms with Crippen molar-refractivity contribution in [3.8, 4) is 5.69 Å². The van der Waals surface area contributed by atoms with Crippen molar-refractivity contribution >= 4 is 51.0 Å². The number of carbonyl (C=O) groups excluding carboxylic acids is 1. The SMILES string of the molecule is Cc1ccc(S(=O)(=O)N(CC(=O)N/N=C\c2cc(C)n(-c3cccc(Cl)c3Cl)c2C)c2ccc(C(C)C)cc2)cc1. The van der Waals surface area contributed by atoms with Gasteiger partial charge in [-0.15, -0.1) is 0 Å². The summed E-state index contributed by atoms with van der Waals surface area (Å²) in [5.74, 6) is -0.308. The van der Waals surface area contributed by atoms with Crippen molar-refractivity contribution in [3.05, 3.63) is 111 Å². The van der Waals surface area contributed by atoms with Crippen molar-refractivity contribution in [2.45, 2.75) is 45.4 Å². The van der Waals surface area contributed by atoms with Gasteiger partial charge in [-0.3, -0.25) is 9.10 Å². The van der Waals surface area contributed by atoms with Crippen LogP contribution in [0.2, 0.25) is 10.0 Å². The number of hydrogen-bond acceptors (Lipinski definition) is 4. The first-order valence-corrected chi connectivity index (χ1v) is 15.2. The third-order valence-electron chi connectivity index (χ3n) is 6.78. The van der Waals surface area contributed by atoms with E-state index < -0.39 is 22.5 Å². The van der Waals surface area contributed by atoms with E-state index in [1.807, 2.05) is 55.7 Å². The molecule has 0 bridgehead atoms. The van der Waals surface area contributed by atoms with E-state index in [9.17, 15) is 13.2 Å². The van der Waals surface area contributed by atoms with E-state index >= 15 is 0 Å². The molecule has 0 spiro atoms. The van der Waals surface area contributed by atoms with Crippen LogP contribution in [0.3, 0.4) is 0 Å². The molecule has 3 aromatic carbocycles. The van der Waals surface area contributed by atoms with Gasteiger partial charge in [0.1, 0.15) is 6.54 Å². The van der Waals surface area contributed by atoms with Crippen molar-refractivity contribution < 1.29 is 13.2 Å². The predicted octanol–water partition coefficient (Wildman–Crippen LogP) is 7.18. The number of amides is 1. The second-order valence-electron chi connectivity index (χ2n) is 10.1. The molecule has 7 nitrogen and oxygen atoms in total. The minimum Gasteiger partial charge on any atom is -0.316 e.